The van der Waals surface area contributed by atoms with Gasteiger partial charge in [0.15, 0.2) is 0 Å². The van der Waals surface area contributed by atoms with E-state index in [2.05, 4.69) is 17.6 Å². The Kier molecular flexibility index (Phi) is 10.1. The molecule has 0 spiro atoms. The van der Waals surface area contributed by atoms with Crippen LogP contribution in [-0.4, -0.2) is 25.1 Å². The van der Waals surface area contributed by atoms with Gasteiger partial charge in [0.2, 0.25) is 5.91 Å². The van der Waals surface area contributed by atoms with Crippen LogP contribution < -0.4 is 15.4 Å². The number of unbranched alkanes of at least 4 members (excludes halogenated alkanes) is 4. The number of rotatable bonds is 12. The van der Waals surface area contributed by atoms with Gasteiger partial charge in [-0.05, 0) is 38.0 Å². The van der Waals surface area contributed by atoms with Gasteiger partial charge in [-0.25, -0.2) is 0 Å². The average molecular weight is 320 g/mol. The first-order chi connectivity index (χ1) is 11.1. The van der Waals surface area contributed by atoms with Gasteiger partial charge < -0.3 is 15.4 Å². The fraction of sp³-hybridized carbons (Fsp3) is 0.632. The summed E-state index contributed by atoms with van der Waals surface area (Å²) in [5.41, 5.74) is 1.15. The van der Waals surface area contributed by atoms with Crippen LogP contribution in [0.1, 0.15) is 58.4 Å². The Labute approximate surface area is 141 Å². The number of ether oxygens (including phenoxy) is 1. The quantitative estimate of drug-likeness (QED) is 0.578. The van der Waals surface area contributed by atoms with Gasteiger partial charge >= 0.3 is 0 Å². The molecule has 0 fully saturated rings. The molecule has 1 rings (SSSR count). The van der Waals surface area contributed by atoms with Gasteiger partial charge in [-0.2, -0.15) is 0 Å². The van der Waals surface area contributed by atoms with Crippen LogP contribution in [0.25, 0.3) is 0 Å². The summed E-state index contributed by atoms with van der Waals surface area (Å²) < 4.78 is 5.61. The van der Waals surface area contributed by atoms with E-state index in [0.29, 0.717) is 13.1 Å². The van der Waals surface area contributed by atoms with Crippen molar-refractivity contribution in [1.29, 1.82) is 0 Å². The fourth-order valence-corrected chi connectivity index (χ4v) is 2.30. The molecule has 4 heteroatoms. The minimum atomic E-state index is 0.0697. The predicted octanol–water partition coefficient (Wildman–Crippen LogP) is 3.65. The number of nitrogens with one attached hydrogen (secondary N) is 2. The Bertz CT molecular complexity index is 430. The van der Waals surface area contributed by atoms with Gasteiger partial charge in [0.25, 0.3) is 0 Å². The lowest BCUT2D eigenvalue weighted by Gasteiger charge is -2.10. The Morgan fingerprint density at radius 3 is 2.43 bits per heavy atom. The first-order valence-electron chi connectivity index (χ1n) is 8.84. The van der Waals surface area contributed by atoms with Gasteiger partial charge in [-0.15, -0.1) is 0 Å². The first kappa shape index (κ1) is 19.5. The molecule has 0 saturated heterocycles. The van der Waals surface area contributed by atoms with Crippen molar-refractivity contribution in [3.63, 3.8) is 0 Å². The first-order valence-corrected chi connectivity index (χ1v) is 8.84. The second-order valence-electron chi connectivity index (χ2n) is 6.18. The molecule has 0 aromatic heterocycles. The van der Waals surface area contributed by atoms with Crippen LogP contribution in [0.4, 0.5) is 0 Å². The SMILES string of the molecule is CCCCCCCNC(=O)CNCc1ccc(OC(C)C)cc1. The van der Waals surface area contributed by atoms with Crippen molar-refractivity contribution in [2.45, 2.75) is 65.5 Å². The molecule has 0 aliphatic rings. The molecule has 0 atom stereocenters. The van der Waals surface area contributed by atoms with Crippen molar-refractivity contribution in [2.75, 3.05) is 13.1 Å². The highest BCUT2D eigenvalue weighted by molar-refractivity contribution is 5.77. The Morgan fingerprint density at radius 1 is 1.09 bits per heavy atom. The highest BCUT2D eigenvalue weighted by Gasteiger charge is 2.01. The maximum Gasteiger partial charge on any atom is 0.233 e. The molecular weight excluding hydrogens is 288 g/mol. The van der Waals surface area contributed by atoms with Gasteiger partial charge in [-0.3, -0.25) is 4.79 Å². The van der Waals surface area contributed by atoms with E-state index in [1.807, 2.05) is 38.1 Å². The summed E-state index contributed by atoms with van der Waals surface area (Å²) in [6.07, 6.45) is 6.26. The number of hydrogen-bond donors (Lipinski definition) is 2. The number of amides is 1. The average Bonchev–Trinajstić information content (AvgIpc) is 2.52. The maximum atomic E-state index is 11.7. The van der Waals surface area contributed by atoms with Crippen LogP contribution in [-0.2, 0) is 11.3 Å². The summed E-state index contributed by atoms with van der Waals surface area (Å²) in [5, 5.41) is 6.13. The second-order valence-corrected chi connectivity index (χ2v) is 6.18. The minimum absolute atomic E-state index is 0.0697. The van der Waals surface area contributed by atoms with Gasteiger partial charge in [0, 0.05) is 13.1 Å². The fourth-order valence-electron chi connectivity index (χ4n) is 2.30. The van der Waals surface area contributed by atoms with Gasteiger partial charge in [0.05, 0.1) is 12.6 Å². The highest BCUT2D eigenvalue weighted by Crippen LogP contribution is 2.13. The zero-order valence-corrected chi connectivity index (χ0v) is 14.9. The molecule has 0 aliphatic heterocycles. The zero-order valence-electron chi connectivity index (χ0n) is 14.9. The zero-order chi connectivity index (χ0) is 16.9. The molecule has 2 N–H and O–H groups in total. The van der Waals surface area contributed by atoms with Crippen LogP contribution in [0.3, 0.4) is 0 Å². The van der Waals surface area contributed by atoms with Crippen LogP contribution in [0.2, 0.25) is 0 Å². The summed E-state index contributed by atoms with van der Waals surface area (Å²) >= 11 is 0. The lowest BCUT2D eigenvalue weighted by Crippen LogP contribution is -2.34. The van der Waals surface area contributed by atoms with E-state index in [9.17, 15) is 4.79 Å². The molecule has 1 aromatic rings. The molecule has 0 bridgehead atoms. The second kappa shape index (κ2) is 11.9. The van der Waals surface area contributed by atoms with E-state index in [-0.39, 0.29) is 12.0 Å². The molecule has 1 amide bonds. The molecular formula is C19H32N2O2. The third kappa shape index (κ3) is 9.95. The van der Waals surface area contributed by atoms with E-state index in [1.54, 1.807) is 0 Å². The van der Waals surface area contributed by atoms with Crippen LogP contribution >= 0.6 is 0 Å². The summed E-state index contributed by atoms with van der Waals surface area (Å²) in [4.78, 5) is 11.7. The molecule has 1 aromatic carbocycles. The monoisotopic (exact) mass is 320 g/mol. The molecule has 0 aliphatic carbocycles. The van der Waals surface area contributed by atoms with Crippen molar-refractivity contribution < 1.29 is 9.53 Å². The number of hydrogen-bond acceptors (Lipinski definition) is 3. The van der Waals surface area contributed by atoms with Gasteiger partial charge in [0.1, 0.15) is 5.75 Å². The van der Waals surface area contributed by atoms with E-state index in [4.69, 9.17) is 4.74 Å². The molecule has 4 nitrogen and oxygen atoms in total. The third-order valence-electron chi connectivity index (χ3n) is 3.51. The Morgan fingerprint density at radius 2 is 1.78 bits per heavy atom. The molecule has 0 saturated carbocycles. The standard InChI is InChI=1S/C19H32N2O2/c1-4-5-6-7-8-13-21-19(22)15-20-14-17-9-11-18(12-10-17)23-16(2)3/h9-12,16,20H,4-8,13-15H2,1-3H3,(H,21,22). The molecule has 130 valence electrons. The van der Waals surface area contributed by atoms with E-state index < -0.39 is 0 Å². The summed E-state index contributed by atoms with van der Waals surface area (Å²) in [6, 6.07) is 7.98. The third-order valence-corrected chi connectivity index (χ3v) is 3.51. The van der Waals surface area contributed by atoms with E-state index >= 15 is 0 Å². The lowest BCUT2D eigenvalue weighted by atomic mass is 10.1. The van der Waals surface area contributed by atoms with E-state index in [1.165, 1.54) is 25.7 Å². The number of carbonyl (C=O) groups is 1. The number of carbonyl (C=O) groups excluding carboxylic acids is 1. The normalized spacial score (nSPS) is 10.8. The predicted molar refractivity (Wildman–Crippen MR) is 95.7 cm³/mol. The van der Waals surface area contributed by atoms with E-state index in [0.717, 1.165) is 24.3 Å². The van der Waals surface area contributed by atoms with Crippen molar-refractivity contribution >= 4 is 5.91 Å². The van der Waals surface area contributed by atoms with Crippen LogP contribution in [0, 0.1) is 0 Å². The topological polar surface area (TPSA) is 50.4 Å². The molecule has 0 heterocycles. The Hall–Kier alpha value is -1.55. The van der Waals surface area contributed by atoms with Crippen molar-refractivity contribution in [2.24, 2.45) is 0 Å². The highest BCUT2D eigenvalue weighted by atomic mass is 16.5. The number of benzene rings is 1. The van der Waals surface area contributed by atoms with Crippen LogP contribution in [0.15, 0.2) is 24.3 Å². The minimum Gasteiger partial charge on any atom is -0.491 e. The smallest absolute Gasteiger partial charge is 0.233 e. The van der Waals surface area contributed by atoms with Crippen molar-refractivity contribution in [3.8, 4) is 5.75 Å². The summed E-state index contributed by atoms with van der Waals surface area (Å²) in [5.74, 6) is 0.949. The Balaban J connectivity index is 2.10. The molecule has 0 unspecified atom stereocenters. The lowest BCUT2D eigenvalue weighted by molar-refractivity contribution is -0.120. The van der Waals surface area contributed by atoms with Crippen molar-refractivity contribution in [1.82, 2.24) is 10.6 Å². The maximum absolute atomic E-state index is 11.7. The van der Waals surface area contributed by atoms with Gasteiger partial charge in [-0.1, -0.05) is 44.7 Å². The van der Waals surface area contributed by atoms with Crippen LogP contribution in [0.5, 0.6) is 5.75 Å². The molecule has 23 heavy (non-hydrogen) atoms. The van der Waals surface area contributed by atoms with Crippen molar-refractivity contribution in [3.05, 3.63) is 29.8 Å². The largest absolute Gasteiger partial charge is 0.491 e. The summed E-state index contributed by atoms with van der Waals surface area (Å²) in [7, 11) is 0. The summed E-state index contributed by atoms with van der Waals surface area (Å²) in [6.45, 7) is 8.06. The molecule has 0 radical (unpaired) electrons.